The third kappa shape index (κ3) is 2.40. The average molecular weight is 234 g/mol. The lowest BCUT2D eigenvalue weighted by Crippen LogP contribution is -2.25. The van der Waals surface area contributed by atoms with E-state index in [1.54, 1.807) is 12.1 Å². The molecule has 0 aliphatic heterocycles. The van der Waals surface area contributed by atoms with Gasteiger partial charge < -0.3 is 5.32 Å². The molecule has 4 nitrogen and oxygen atoms in total. The molecular weight excluding hydrogens is 216 g/mol. The topological polar surface area (TPSA) is 55.2 Å². The third-order valence-electron chi connectivity index (χ3n) is 3.81. The number of hydrogen-bond acceptors (Lipinski definition) is 3. The maximum absolute atomic E-state index is 11.0. The van der Waals surface area contributed by atoms with Gasteiger partial charge in [0.25, 0.3) is 5.69 Å². The fourth-order valence-electron chi connectivity index (χ4n) is 1.95. The second-order valence-corrected chi connectivity index (χ2v) is 5.30. The summed E-state index contributed by atoms with van der Waals surface area (Å²) >= 11 is 0. The van der Waals surface area contributed by atoms with E-state index in [1.165, 1.54) is 12.8 Å². The van der Waals surface area contributed by atoms with Crippen molar-refractivity contribution in [3.8, 4) is 0 Å². The fourth-order valence-corrected chi connectivity index (χ4v) is 1.95. The molecule has 1 aromatic carbocycles. The van der Waals surface area contributed by atoms with Gasteiger partial charge in [0, 0.05) is 12.1 Å². The largest absolute Gasteiger partial charge is 0.376 e. The van der Waals surface area contributed by atoms with Crippen LogP contribution < -0.4 is 5.32 Å². The molecule has 1 aliphatic carbocycles. The molecule has 1 unspecified atom stereocenters. The monoisotopic (exact) mass is 234 g/mol. The van der Waals surface area contributed by atoms with E-state index in [2.05, 4.69) is 19.2 Å². The molecule has 0 saturated heterocycles. The number of hydrogen-bond donors (Lipinski definition) is 1. The van der Waals surface area contributed by atoms with Crippen LogP contribution in [0.5, 0.6) is 0 Å². The van der Waals surface area contributed by atoms with E-state index in [9.17, 15) is 10.1 Å². The summed E-state index contributed by atoms with van der Waals surface area (Å²) in [4.78, 5) is 10.7. The highest BCUT2D eigenvalue weighted by Gasteiger charge is 2.42. The van der Waals surface area contributed by atoms with Gasteiger partial charge in [-0.15, -0.1) is 0 Å². The Bertz CT molecular complexity index is 453. The summed E-state index contributed by atoms with van der Waals surface area (Å²) in [6.45, 7) is 6.17. The predicted molar refractivity (Wildman–Crippen MR) is 68.3 cm³/mol. The molecule has 0 aromatic heterocycles. The molecular formula is C13H18N2O2. The Morgan fingerprint density at radius 2 is 2.12 bits per heavy atom. The van der Waals surface area contributed by atoms with E-state index < -0.39 is 0 Å². The van der Waals surface area contributed by atoms with Gasteiger partial charge in [0.2, 0.25) is 0 Å². The molecule has 1 saturated carbocycles. The van der Waals surface area contributed by atoms with E-state index in [1.807, 2.05) is 13.0 Å². The van der Waals surface area contributed by atoms with Crippen molar-refractivity contribution in [2.24, 2.45) is 5.41 Å². The first-order valence-electron chi connectivity index (χ1n) is 5.94. The molecule has 0 radical (unpaired) electrons. The lowest BCUT2D eigenvalue weighted by molar-refractivity contribution is -0.384. The highest BCUT2D eigenvalue weighted by molar-refractivity contribution is 5.63. The molecule has 1 N–H and O–H groups in total. The smallest absolute Gasteiger partial charge is 0.292 e. The average Bonchev–Trinajstić information content (AvgIpc) is 3.00. The number of rotatable bonds is 4. The molecule has 1 aromatic rings. The predicted octanol–water partition coefficient (Wildman–Crippen LogP) is 3.50. The lowest BCUT2D eigenvalue weighted by Gasteiger charge is -2.21. The van der Waals surface area contributed by atoms with Gasteiger partial charge in [-0.05, 0) is 43.7 Å². The van der Waals surface area contributed by atoms with Crippen LogP contribution in [-0.4, -0.2) is 11.0 Å². The molecule has 17 heavy (non-hydrogen) atoms. The maximum Gasteiger partial charge on any atom is 0.292 e. The van der Waals surface area contributed by atoms with Crippen molar-refractivity contribution in [3.63, 3.8) is 0 Å². The van der Waals surface area contributed by atoms with Gasteiger partial charge in [0.1, 0.15) is 5.69 Å². The Morgan fingerprint density at radius 1 is 1.47 bits per heavy atom. The molecule has 1 atom stereocenters. The molecule has 4 heteroatoms. The van der Waals surface area contributed by atoms with E-state index in [0.29, 0.717) is 11.1 Å². The number of nitro benzene ring substituents is 1. The standard InChI is InChI=1S/C13H18N2O2/c1-9-4-5-11(12(8-9)15(16)17)14-10(2)13(3)6-7-13/h4-5,8,10,14H,6-7H2,1-3H3. The second kappa shape index (κ2) is 4.02. The van der Waals surface area contributed by atoms with E-state index >= 15 is 0 Å². The molecule has 0 heterocycles. The number of benzene rings is 1. The van der Waals surface area contributed by atoms with Crippen molar-refractivity contribution in [2.45, 2.75) is 39.7 Å². The van der Waals surface area contributed by atoms with E-state index in [-0.39, 0.29) is 16.7 Å². The Morgan fingerprint density at radius 3 is 2.65 bits per heavy atom. The van der Waals surface area contributed by atoms with Gasteiger partial charge in [0.15, 0.2) is 0 Å². The van der Waals surface area contributed by atoms with Crippen molar-refractivity contribution in [1.29, 1.82) is 0 Å². The second-order valence-electron chi connectivity index (χ2n) is 5.30. The molecule has 0 bridgehead atoms. The zero-order valence-corrected chi connectivity index (χ0v) is 10.5. The number of nitrogens with one attached hydrogen (secondary N) is 1. The minimum atomic E-state index is -0.322. The van der Waals surface area contributed by atoms with E-state index in [4.69, 9.17) is 0 Å². The van der Waals surface area contributed by atoms with Crippen molar-refractivity contribution >= 4 is 11.4 Å². The first-order chi connectivity index (χ1) is 7.92. The zero-order chi connectivity index (χ0) is 12.6. The zero-order valence-electron chi connectivity index (χ0n) is 10.5. The molecule has 2 rings (SSSR count). The first kappa shape index (κ1) is 11.9. The van der Waals surface area contributed by atoms with Gasteiger partial charge in [0.05, 0.1) is 4.92 Å². The van der Waals surface area contributed by atoms with E-state index in [0.717, 1.165) is 5.56 Å². The van der Waals surface area contributed by atoms with Crippen LogP contribution in [0.1, 0.15) is 32.3 Å². The molecule has 0 amide bonds. The highest BCUT2D eigenvalue weighted by Crippen LogP contribution is 2.49. The van der Waals surface area contributed by atoms with Gasteiger partial charge in [-0.2, -0.15) is 0 Å². The Kier molecular flexibility index (Phi) is 2.81. The summed E-state index contributed by atoms with van der Waals surface area (Å²) < 4.78 is 0. The molecule has 1 aliphatic rings. The van der Waals surface area contributed by atoms with Crippen LogP contribution in [0, 0.1) is 22.5 Å². The minimum Gasteiger partial charge on any atom is -0.376 e. The minimum absolute atomic E-state index is 0.168. The van der Waals surface area contributed by atoms with Crippen LogP contribution in [0.3, 0.4) is 0 Å². The van der Waals surface area contributed by atoms with Crippen molar-refractivity contribution in [1.82, 2.24) is 0 Å². The van der Waals surface area contributed by atoms with Crippen molar-refractivity contribution in [3.05, 3.63) is 33.9 Å². The molecule has 1 fully saturated rings. The molecule has 92 valence electrons. The van der Waals surface area contributed by atoms with Crippen LogP contribution in [0.2, 0.25) is 0 Å². The van der Waals surface area contributed by atoms with Crippen molar-refractivity contribution in [2.75, 3.05) is 5.32 Å². The Hall–Kier alpha value is -1.58. The SMILES string of the molecule is Cc1ccc(NC(C)C2(C)CC2)c([N+](=O)[O-])c1. The summed E-state index contributed by atoms with van der Waals surface area (Å²) in [5.41, 5.74) is 2.01. The quantitative estimate of drug-likeness (QED) is 0.640. The van der Waals surface area contributed by atoms with Crippen LogP contribution in [0.4, 0.5) is 11.4 Å². The van der Waals surface area contributed by atoms with Gasteiger partial charge in [-0.25, -0.2) is 0 Å². The van der Waals surface area contributed by atoms with Crippen LogP contribution >= 0.6 is 0 Å². The summed E-state index contributed by atoms with van der Waals surface area (Å²) in [5, 5.41) is 14.3. The van der Waals surface area contributed by atoms with Crippen LogP contribution in [-0.2, 0) is 0 Å². The lowest BCUT2D eigenvalue weighted by atomic mass is 10.0. The van der Waals surface area contributed by atoms with Gasteiger partial charge in [-0.3, -0.25) is 10.1 Å². The normalized spacial score (nSPS) is 18.5. The number of nitro groups is 1. The summed E-state index contributed by atoms with van der Waals surface area (Å²) in [5.74, 6) is 0. The number of nitrogens with zero attached hydrogens (tertiary/aromatic N) is 1. The summed E-state index contributed by atoms with van der Waals surface area (Å²) in [7, 11) is 0. The highest BCUT2D eigenvalue weighted by atomic mass is 16.6. The first-order valence-corrected chi connectivity index (χ1v) is 5.94. The summed E-state index contributed by atoms with van der Waals surface area (Å²) in [6.07, 6.45) is 2.39. The van der Waals surface area contributed by atoms with Gasteiger partial charge >= 0.3 is 0 Å². The maximum atomic E-state index is 11.0. The summed E-state index contributed by atoms with van der Waals surface area (Å²) in [6, 6.07) is 5.58. The molecule has 0 spiro atoms. The number of aryl methyl sites for hydroxylation is 1. The van der Waals surface area contributed by atoms with Gasteiger partial charge in [-0.1, -0.05) is 13.0 Å². The Balaban J connectivity index is 2.23. The fraction of sp³-hybridized carbons (Fsp3) is 0.538. The van der Waals surface area contributed by atoms with Crippen LogP contribution in [0.15, 0.2) is 18.2 Å². The van der Waals surface area contributed by atoms with Crippen LogP contribution in [0.25, 0.3) is 0 Å². The number of anilines is 1. The third-order valence-corrected chi connectivity index (χ3v) is 3.81. The Labute approximate surface area is 101 Å². The van der Waals surface area contributed by atoms with Crippen molar-refractivity contribution < 1.29 is 4.92 Å².